The second-order valence-electron chi connectivity index (χ2n) is 4.66. The fraction of sp³-hybridized carbons (Fsp3) is 0. The lowest BCUT2D eigenvalue weighted by Gasteiger charge is -2.03. The van der Waals surface area contributed by atoms with Gasteiger partial charge < -0.3 is 0 Å². The summed E-state index contributed by atoms with van der Waals surface area (Å²) in [5.41, 5.74) is 1.67. The van der Waals surface area contributed by atoms with Crippen molar-refractivity contribution in [2.24, 2.45) is 0 Å². The van der Waals surface area contributed by atoms with Crippen molar-refractivity contribution in [3.63, 3.8) is 0 Å². The molecule has 1 aromatic carbocycles. The van der Waals surface area contributed by atoms with Gasteiger partial charge in [0.2, 0.25) is 0 Å². The molecule has 0 N–H and O–H groups in total. The van der Waals surface area contributed by atoms with Crippen LogP contribution in [-0.2, 0) is 0 Å². The summed E-state index contributed by atoms with van der Waals surface area (Å²) >= 11 is 9.55. The molecule has 4 rings (SSSR count). The van der Waals surface area contributed by atoms with E-state index in [1.807, 2.05) is 22.9 Å². The summed E-state index contributed by atoms with van der Waals surface area (Å²) < 4.78 is 13.4. The Morgan fingerprint density at radius 2 is 1.95 bits per heavy atom. The lowest BCUT2D eigenvalue weighted by molar-refractivity contribution is 0.628. The van der Waals surface area contributed by atoms with E-state index < -0.39 is 0 Å². The van der Waals surface area contributed by atoms with Gasteiger partial charge in [-0.15, -0.1) is 22.7 Å². The van der Waals surface area contributed by atoms with Crippen LogP contribution >= 0.6 is 34.3 Å². The summed E-state index contributed by atoms with van der Waals surface area (Å²) in [5, 5.41) is 5.31. The Hall–Kier alpha value is -1.82. The number of hydrogen-bond donors (Lipinski definition) is 0. The highest BCUT2D eigenvalue weighted by atomic mass is 35.5. The molecule has 3 heterocycles. The molecule has 0 bridgehead atoms. The van der Waals surface area contributed by atoms with E-state index >= 15 is 0 Å². The second kappa shape index (κ2) is 5.43. The van der Waals surface area contributed by atoms with Gasteiger partial charge in [-0.2, -0.15) is 0 Å². The molecule has 108 valence electrons. The largest absolute Gasteiger partial charge is 0.217 e. The van der Waals surface area contributed by atoms with Crippen LogP contribution in [0, 0.1) is 5.82 Å². The Morgan fingerprint density at radius 3 is 2.73 bits per heavy atom. The predicted octanol–water partition coefficient (Wildman–Crippen LogP) is 5.88. The molecule has 0 saturated heterocycles. The Bertz CT molecular complexity index is 964. The van der Waals surface area contributed by atoms with Crippen LogP contribution in [0.1, 0.15) is 0 Å². The maximum absolute atomic E-state index is 13.4. The number of halogens is 2. The number of thiophene rings is 2. The van der Waals surface area contributed by atoms with Gasteiger partial charge in [-0.05, 0) is 23.6 Å². The van der Waals surface area contributed by atoms with Gasteiger partial charge in [-0.3, -0.25) is 0 Å². The minimum absolute atomic E-state index is 0.317. The van der Waals surface area contributed by atoms with Crippen molar-refractivity contribution in [1.82, 2.24) is 9.97 Å². The topological polar surface area (TPSA) is 25.8 Å². The molecule has 0 aliphatic rings. The number of fused-ring (bicyclic) bond motifs is 1. The van der Waals surface area contributed by atoms with Gasteiger partial charge in [-0.1, -0.05) is 29.8 Å². The number of hydrogen-bond acceptors (Lipinski definition) is 4. The maximum Gasteiger partial charge on any atom is 0.162 e. The normalized spacial score (nSPS) is 11.2. The monoisotopic (exact) mass is 346 g/mol. The fourth-order valence-electron chi connectivity index (χ4n) is 2.27. The third kappa shape index (κ3) is 2.31. The summed E-state index contributed by atoms with van der Waals surface area (Å²) in [4.78, 5) is 10.8. The summed E-state index contributed by atoms with van der Waals surface area (Å²) in [6.07, 6.45) is 0. The van der Waals surface area contributed by atoms with E-state index in [0.717, 1.165) is 20.7 Å². The molecule has 22 heavy (non-hydrogen) atoms. The first-order chi connectivity index (χ1) is 10.7. The molecule has 0 amide bonds. The molecule has 0 unspecified atom stereocenters. The zero-order valence-corrected chi connectivity index (χ0v) is 13.5. The standard InChI is InChI=1S/C16H8ClFN2S2/c17-14-13-11(12-5-2-6-21-12)8-22-16(13)20-15(19-14)9-3-1-4-10(18)7-9/h1-8H. The summed E-state index contributed by atoms with van der Waals surface area (Å²) in [7, 11) is 0. The van der Waals surface area contributed by atoms with Crippen LogP contribution in [0.5, 0.6) is 0 Å². The summed E-state index contributed by atoms with van der Waals surface area (Å²) in [6, 6.07) is 10.3. The average Bonchev–Trinajstić information content (AvgIpc) is 3.16. The molecule has 6 heteroatoms. The smallest absolute Gasteiger partial charge is 0.162 e. The molecule has 0 spiro atoms. The summed E-state index contributed by atoms with van der Waals surface area (Å²) in [5.74, 6) is 0.124. The number of nitrogens with zero attached hydrogens (tertiary/aromatic N) is 2. The molecule has 4 aromatic rings. The summed E-state index contributed by atoms with van der Waals surface area (Å²) in [6.45, 7) is 0. The molecule has 0 aliphatic heterocycles. The highest BCUT2D eigenvalue weighted by Gasteiger charge is 2.15. The second-order valence-corrected chi connectivity index (χ2v) is 6.82. The molecule has 0 radical (unpaired) electrons. The van der Waals surface area contributed by atoms with E-state index in [-0.39, 0.29) is 5.82 Å². The average molecular weight is 347 g/mol. The first kappa shape index (κ1) is 13.8. The molecule has 3 aromatic heterocycles. The molecular formula is C16H8ClFN2S2. The van der Waals surface area contributed by atoms with E-state index in [4.69, 9.17) is 11.6 Å². The van der Waals surface area contributed by atoms with Crippen LogP contribution in [0.25, 0.3) is 32.0 Å². The Kier molecular flexibility index (Phi) is 3.41. The van der Waals surface area contributed by atoms with E-state index in [9.17, 15) is 4.39 Å². The lowest BCUT2D eigenvalue weighted by Crippen LogP contribution is -1.91. The zero-order chi connectivity index (χ0) is 15.1. The van der Waals surface area contributed by atoms with E-state index in [0.29, 0.717) is 16.5 Å². The van der Waals surface area contributed by atoms with Gasteiger partial charge in [0.1, 0.15) is 15.8 Å². The predicted molar refractivity (Wildman–Crippen MR) is 91.1 cm³/mol. The van der Waals surface area contributed by atoms with Crippen LogP contribution in [-0.4, -0.2) is 9.97 Å². The third-order valence-corrected chi connectivity index (χ3v) is 5.31. The van der Waals surface area contributed by atoms with Gasteiger partial charge in [0.15, 0.2) is 5.82 Å². The molecule has 0 saturated carbocycles. The Labute approximate surface area is 138 Å². The molecule has 0 aliphatic carbocycles. The van der Waals surface area contributed by atoms with Crippen molar-refractivity contribution < 1.29 is 4.39 Å². The van der Waals surface area contributed by atoms with Crippen LogP contribution < -0.4 is 0 Å². The van der Waals surface area contributed by atoms with Crippen LogP contribution in [0.4, 0.5) is 4.39 Å². The van der Waals surface area contributed by atoms with Crippen LogP contribution in [0.15, 0.2) is 47.2 Å². The van der Waals surface area contributed by atoms with E-state index in [1.54, 1.807) is 23.5 Å². The zero-order valence-electron chi connectivity index (χ0n) is 11.1. The van der Waals surface area contributed by atoms with E-state index in [2.05, 4.69) is 9.97 Å². The highest BCUT2D eigenvalue weighted by molar-refractivity contribution is 7.18. The molecule has 2 nitrogen and oxygen atoms in total. The SMILES string of the molecule is Fc1cccc(-c2nc(Cl)c3c(-c4cccs4)csc3n2)c1. The van der Waals surface area contributed by atoms with Gasteiger partial charge in [0.25, 0.3) is 0 Å². The quantitative estimate of drug-likeness (QED) is 0.423. The minimum Gasteiger partial charge on any atom is -0.217 e. The van der Waals surface area contributed by atoms with Crippen molar-refractivity contribution in [2.75, 3.05) is 0 Å². The molecular weight excluding hydrogens is 339 g/mol. The minimum atomic E-state index is -0.317. The number of aromatic nitrogens is 2. The van der Waals surface area contributed by atoms with Gasteiger partial charge in [-0.25, -0.2) is 14.4 Å². The van der Waals surface area contributed by atoms with Gasteiger partial charge in [0, 0.05) is 21.4 Å². The maximum atomic E-state index is 13.4. The Morgan fingerprint density at radius 1 is 1.05 bits per heavy atom. The van der Waals surface area contributed by atoms with Crippen molar-refractivity contribution in [3.8, 4) is 21.8 Å². The molecule has 0 fully saturated rings. The van der Waals surface area contributed by atoms with Crippen molar-refractivity contribution in [1.29, 1.82) is 0 Å². The van der Waals surface area contributed by atoms with Crippen LogP contribution in [0.3, 0.4) is 0 Å². The van der Waals surface area contributed by atoms with Crippen molar-refractivity contribution in [3.05, 3.63) is 58.1 Å². The first-order valence-electron chi connectivity index (χ1n) is 6.47. The van der Waals surface area contributed by atoms with Crippen LogP contribution in [0.2, 0.25) is 5.15 Å². The van der Waals surface area contributed by atoms with E-state index in [1.165, 1.54) is 23.5 Å². The number of rotatable bonds is 2. The highest BCUT2D eigenvalue weighted by Crippen LogP contribution is 2.39. The van der Waals surface area contributed by atoms with Gasteiger partial charge >= 0.3 is 0 Å². The third-order valence-electron chi connectivity index (χ3n) is 3.26. The molecule has 0 atom stereocenters. The van der Waals surface area contributed by atoms with Crippen molar-refractivity contribution >= 4 is 44.5 Å². The Balaban J connectivity index is 1.92. The fourth-order valence-corrected chi connectivity index (χ4v) is 4.36. The number of benzene rings is 1. The van der Waals surface area contributed by atoms with Gasteiger partial charge in [0.05, 0.1) is 5.39 Å². The lowest BCUT2D eigenvalue weighted by atomic mass is 10.2. The van der Waals surface area contributed by atoms with Crippen molar-refractivity contribution in [2.45, 2.75) is 0 Å². The first-order valence-corrected chi connectivity index (χ1v) is 8.60.